The lowest BCUT2D eigenvalue weighted by molar-refractivity contribution is -0.143. The molecule has 0 aliphatic heterocycles. The minimum absolute atomic E-state index is 0.0207. The molecule has 0 radical (unpaired) electrons. The van der Waals surface area contributed by atoms with Crippen molar-refractivity contribution in [3.05, 3.63) is 0 Å². The first-order chi connectivity index (χ1) is 8.49. The number of nitrogens with one attached hydrogen (secondary N) is 1. The number of aliphatic carboxylic acids is 1. The molecule has 4 N–H and O–H groups in total. The molecule has 0 fully saturated rings. The Bertz CT molecular complexity index is 255. The summed E-state index contributed by atoms with van der Waals surface area (Å²) in [6.45, 7) is 4.60. The molecule has 1 unspecified atom stereocenters. The van der Waals surface area contributed by atoms with Crippen molar-refractivity contribution in [3.63, 3.8) is 0 Å². The molecule has 0 aromatic heterocycles. The van der Waals surface area contributed by atoms with Crippen LogP contribution in [0.25, 0.3) is 0 Å². The number of amides is 1. The van der Waals surface area contributed by atoms with Crippen molar-refractivity contribution in [3.8, 4) is 0 Å². The van der Waals surface area contributed by atoms with E-state index >= 15 is 0 Å². The van der Waals surface area contributed by atoms with Gasteiger partial charge < -0.3 is 16.2 Å². The van der Waals surface area contributed by atoms with Gasteiger partial charge in [-0.05, 0) is 25.3 Å². The summed E-state index contributed by atoms with van der Waals surface area (Å²) in [6.07, 6.45) is 4.35. The molecule has 0 aliphatic carbocycles. The number of unbranched alkanes of at least 4 members (excludes halogenated alkanes) is 3. The van der Waals surface area contributed by atoms with Crippen LogP contribution >= 0.6 is 0 Å². The van der Waals surface area contributed by atoms with Gasteiger partial charge in [-0.2, -0.15) is 0 Å². The SMILES string of the molecule is CC(C)C(CNC(=O)CCCCCCN)C(=O)O. The van der Waals surface area contributed by atoms with Crippen LogP contribution in [0.2, 0.25) is 0 Å². The summed E-state index contributed by atoms with van der Waals surface area (Å²) in [4.78, 5) is 22.4. The third-order valence-electron chi connectivity index (χ3n) is 3.00. The standard InChI is InChI=1S/C13H26N2O3/c1-10(2)11(13(17)18)9-15-12(16)7-5-3-4-6-8-14/h10-11H,3-9,14H2,1-2H3,(H,15,16)(H,17,18). The second-order valence-electron chi connectivity index (χ2n) is 4.95. The molecule has 5 nitrogen and oxygen atoms in total. The van der Waals surface area contributed by atoms with Crippen LogP contribution in [0.4, 0.5) is 0 Å². The number of nitrogens with two attached hydrogens (primary N) is 1. The van der Waals surface area contributed by atoms with Crippen molar-refractivity contribution < 1.29 is 14.7 Å². The van der Waals surface area contributed by atoms with Gasteiger partial charge in [0.05, 0.1) is 5.92 Å². The molecular formula is C13H26N2O3. The molecule has 0 saturated carbocycles. The minimum Gasteiger partial charge on any atom is -0.481 e. The van der Waals surface area contributed by atoms with Gasteiger partial charge in [0.15, 0.2) is 0 Å². The van der Waals surface area contributed by atoms with Gasteiger partial charge in [-0.3, -0.25) is 9.59 Å². The summed E-state index contributed by atoms with van der Waals surface area (Å²) in [6, 6.07) is 0. The molecule has 106 valence electrons. The first-order valence-corrected chi connectivity index (χ1v) is 6.68. The van der Waals surface area contributed by atoms with Crippen LogP contribution in [0.3, 0.4) is 0 Å². The lowest BCUT2D eigenvalue weighted by atomic mass is 9.96. The van der Waals surface area contributed by atoms with E-state index < -0.39 is 11.9 Å². The van der Waals surface area contributed by atoms with Crippen LogP contribution in [0.5, 0.6) is 0 Å². The average Bonchev–Trinajstić information content (AvgIpc) is 2.28. The van der Waals surface area contributed by atoms with E-state index in [4.69, 9.17) is 10.8 Å². The molecule has 0 aromatic rings. The Morgan fingerprint density at radius 3 is 2.28 bits per heavy atom. The highest BCUT2D eigenvalue weighted by Crippen LogP contribution is 2.10. The second-order valence-corrected chi connectivity index (χ2v) is 4.95. The zero-order valence-corrected chi connectivity index (χ0v) is 11.4. The first kappa shape index (κ1) is 16.9. The maximum atomic E-state index is 11.5. The van der Waals surface area contributed by atoms with E-state index in [1.807, 2.05) is 13.8 Å². The maximum absolute atomic E-state index is 11.5. The molecule has 0 spiro atoms. The Morgan fingerprint density at radius 2 is 1.78 bits per heavy atom. The van der Waals surface area contributed by atoms with Gasteiger partial charge in [-0.25, -0.2) is 0 Å². The highest BCUT2D eigenvalue weighted by atomic mass is 16.4. The number of carboxylic acids is 1. The average molecular weight is 258 g/mol. The third-order valence-corrected chi connectivity index (χ3v) is 3.00. The highest BCUT2D eigenvalue weighted by molar-refractivity contribution is 5.77. The summed E-state index contributed by atoms with van der Waals surface area (Å²) >= 11 is 0. The molecule has 5 heteroatoms. The zero-order chi connectivity index (χ0) is 14.0. The smallest absolute Gasteiger partial charge is 0.308 e. The number of carboxylic acid groups (broad SMARTS) is 1. The Hall–Kier alpha value is -1.10. The van der Waals surface area contributed by atoms with E-state index in [1.165, 1.54) is 0 Å². The Balaban J connectivity index is 3.71. The third kappa shape index (κ3) is 8.06. The normalized spacial score (nSPS) is 12.4. The summed E-state index contributed by atoms with van der Waals surface area (Å²) in [7, 11) is 0. The van der Waals surface area contributed by atoms with E-state index in [0.29, 0.717) is 13.0 Å². The van der Waals surface area contributed by atoms with Crippen LogP contribution in [-0.4, -0.2) is 30.1 Å². The van der Waals surface area contributed by atoms with Gasteiger partial charge in [-0.1, -0.05) is 26.7 Å². The van der Waals surface area contributed by atoms with Crippen LogP contribution < -0.4 is 11.1 Å². The van der Waals surface area contributed by atoms with Crippen molar-refractivity contribution in [1.29, 1.82) is 0 Å². The highest BCUT2D eigenvalue weighted by Gasteiger charge is 2.21. The summed E-state index contributed by atoms with van der Waals surface area (Å²) in [5, 5.41) is 11.7. The van der Waals surface area contributed by atoms with Crippen molar-refractivity contribution in [2.24, 2.45) is 17.6 Å². The summed E-state index contributed by atoms with van der Waals surface area (Å²) in [5.41, 5.74) is 5.37. The Labute approximate surface area is 109 Å². The minimum atomic E-state index is -0.853. The zero-order valence-electron chi connectivity index (χ0n) is 11.4. The van der Waals surface area contributed by atoms with Crippen molar-refractivity contribution in [2.45, 2.75) is 46.0 Å². The molecular weight excluding hydrogens is 232 g/mol. The summed E-state index contributed by atoms with van der Waals surface area (Å²) in [5.74, 6) is -1.40. The number of hydrogen-bond acceptors (Lipinski definition) is 3. The number of rotatable bonds is 10. The van der Waals surface area contributed by atoms with Crippen LogP contribution in [-0.2, 0) is 9.59 Å². The van der Waals surface area contributed by atoms with E-state index in [2.05, 4.69) is 5.32 Å². The van der Waals surface area contributed by atoms with Crippen LogP contribution in [0.15, 0.2) is 0 Å². The van der Waals surface area contributed by atoms with Crippen LogP contribution in [0, 0.1) is 11.8 Å². The van der Waals surface area contributed by atoms with Gasteiger partial charge in [0.1, 0.15) is 0 Å². The van der Waals surface area contributed by atoms with Gasteiger partial charge in [0.2, 0.25) is 5.91 Å². The summed E-state index contributed by atoms with van der Waals surface area (Å²) < 4.78 is 0. The van der Waals surface area contributed by atoms with Gasteiger partial charge in [0.25, 0.3) is 0 Å². The number of hydrogen-bond donors (Lipinski definition) is 3. The first-order valence-electron chi connectivity index (χ1n) is 6.68. The molecule has 0 heterocycles. The Kier molecular flexibility index (Phi) is 9.28. The molecule has 1 amide bonds. The molecule has 18 heavy (non-hydrogen) atoms. The van der Waals surface area contributed by atoms with Gasteiger partial charge in [0, 0.05) is 13.0 Å². The fourth-order valence-electron chi connectivity index (χ4n) is 1.70. The maximum Gasteiger partial charge on any atom is 0.308 e. The van der Waals surface area contributed by atoms with Gasteiger partial charge in [-0.15, -0.1) is 0 Å². The molecule has 1 atom stereocenters. The monoisotopic (exact) mass is 258 g/mol. The van der Waals surface area contributed by atoms with Crippen molar-refractivity contribution in [1.82, 2.24) is 5.32 Å². The van der Waals surface area contributed by atoms with E-state index in [9.17, 15) is 9.59 Å². The van der Waals surface area contributed by atoms with E-state index in [0.717, 1.165) is 25.7 Å². The lowest BCUT2D eigenvalue weighted by Gasteiger charge is -2.16. The second kappa shape index (κ2) is 9.88. The largest absolute Gasteiger partial charge is 0.481 e. The fourth-order valence-corrected chi connectivity index (χ4v) is 1.70. The predicted molar refractivity (Wildman–Crippen MR) is 71.1 cm³/mol. The molecule has 0 aromatic carbocycles. The predicted octanol–water partition coefficient (Wildman–Crippen LogP) is 1.37. The molecule has 0 aliphatic rings. The quantitative estimate of drug-likeness (QED) is 0.516. The topological polar surface area (TPSA) is 92.4 Å². The van der Waals surface area contributed by atoms with Crippen LogP contribution in [0.1, 0.15) is 46.0 Å². The molecule has 0 bridgehead atoms. The van der Waals surface area contributed by atoms with Crippen molar-refractivity contribution in [2.75, 3.05) is 13.1 Å². The van der Waals surface area contributed by atoms with E-state index in [1.54, 1.807) is 0 Å². The number of carbonyl (C=O) groups excluding carboxylic acids is 1. The molecule has 0 rings (SSSR count). The Morgan fingerprint density at radius 1 is 1.17 bits per heavy atom. The lowest BCUT2D eigenvalue weighted by Crippen LogP contribution is -2.35. The fraction of sp³-hybridized carbons (Fsp3) is 0.846. The number of carbonyl (C=O) groups is 2. The van der Waals surface area contributed by atoms with Gasteiger partial charge >= 0.3 is 5.97 Å². The van der Waals surface area contributed by atoms with Crippen molar-refractivity contribution >= 4 is 11.9 Å². The van der Waals surface area contributed by atoms with E-state index in [-0.39, 0.29) is 18.4 Å². The molecule has 0 saturated heterocycles.